The Kier molecular flexibility index (Phi) is 2.57. The third-order valence-corrected chi connectivity index (χ3v) is 2.96. The number of rotatable bonds is 3. The van der Waals surface area contributed by atoms with Crippen LogP contribution in [0.4, 0.5) is 0 Å². The number of hydrogen-bond donors (Lipinski definition) is 1. The van der Waals surface area contributed by atoms with Crippen molar-refractivity contribution in [2.45, 2.75) is 25.4 Å². The summed E-state index contributed by atoms with van der Waals surface area (Å²) in [4.78, 5) is 12.6. The Morgan fingerprint density at radius 2 is 2.06 bits per heavy atom. The van der Waals surface area contributed by atoms with E-state index in [1.54, 1.807) is 6.07 Å². The van der Waals surface area contributed by atoms with Gasteiger partial charge in [0.15, 0.2) is 0 Å². The highest BCUT2D eigenvalue weighted by molar-refractivity contribution is 5.57. The van der Waals surface area contributed by atoms with Crippen molar-refractivity contribution in [2.24, 2.45) is 0 Å². The van der Waals surface area contributed by atoms with Crippen molar-refractivity contribution in [3.05, 3.63) is 42.1 Å². The molecule has 3 rings (SSSR count). The standard InChI is InChI=1S/C13H13N3O/c17-7-11-5-13(16-8-15-11)10-3-4-12(14-6-10)9-1-2-9/h3-6,8-9,17H,1-2,7H2. The summed E-state index contributed by atoms with van der Waals surface area (Å²) in [5.41, 5.74) is 3.57. The van der Waals surface area contributed by atoms with E-state index in [1.165, 1.54) is 24.9 Å². The van der Waals surface area contributed by atoms with Crippen LogP contribution in [0, 0.1) is 0 Å². The monoisotopic (exact) mass is 227 g/mol. The van der Waals surface area contributed by atoms with E-state index in [4.69, 9.17) is 5.11 Å². The van der Waals surface area contributed by atoms with Gasteiger partial charge in [-0.05, 0) is 31.0 Å². The molecule has 1 N–H and O–H groups in total. The number of aliphatic hydroxyl groups is 1. The van der Waals surface area contributed by atoms with Gasteiger partial charge in [0.1, 0.15) is 6.33 Å². The lowest BCUT2D eigenvalue weighted by molar-refractivity contribution is 0.276. The molecule has 17 heavy (non-hydrogen) atoms. The Morgan fingerprint density at radius 1 is 1.18 bits per heavy atom. The van der Waals surface area contributed by atoms with Crippen LogP contribution in [0.3, 0.4) is 0 Å². The van der Waals surface area contributed by atoms with Gasteiger partial charge >= 0.3 is 0 Å². The molecule has 0 saturated heterocycles. The lowest BCUT2D eigenvalue weighted by atomic mass is 10.1. The number of aromatic nitrogens is 3. The summed E-state index contributed by atoms with van der Waals surface area (Å²) in [5.74, 6) is 0.669. The number of aliphatic hydroxyl groups excluding tert-OH is 1. The molecule has 0 unspecified atom stereocenters. The summed E-state index contributed by atoms with van der Waals surface area (Å²) in [7, 11) is 0. The largest absolute Gasteiger partial charge is 0.390 e. The van der Waals surface area contributed by atoms with Crippen LogP contribution in [-0.4, -0.2) is 20.1 Å². The predicted molar refractivity (Wildman–Crippen MR) is 63.2 cm³/mol. The van der Waals surface area contributed by atoms with Crippen LogP contribution in [0.2, 0.25) is 0 Å². The SMILES string of the molecule is OCc1cc(-c2ccc(C3CC3)nc2)ncn1. The van der Waals surface area contributed by atoms with E-state index in [0.29, 0.717) is 11.6 Å². The second-order valence-corrected chi connectivity index (χ2v) is 4.30. The van der Waals surface area contributed by atoms with E-state index >= 15 is 0 Å². The summed E-state index contributed by atoms with van der Waals surface area (Å²) in [6.45, 7) is -0.0664. The van der Waals surface area contributed by atoms with Gasteiger partial charge in [-0.25, -0.2) is 9.97 Å². The molecule has 0 atom stereocenters. The molecule has 0 spiro atoms. The van der Waals surface area contributed by atoms with Crippen LogP contribution in [0.5, 0.6) is 0 Å². The molecule has 4 nitrogen and oxygen atoms in total. The molecule has 0 radical (unpaired) electrons. The first-order valence-corrected chi connectivity index (χ1v) is 5.75. The average Bonchev–Trinajstić information content (AvgIpc) is 3.23. The topological polar surface area (TPSA) is 58.9 Å². The summed E-state index contributed by atoms with van der Waals surface area (Å²) >= 11 is 0. The van der Waals surface area contributed by atoms with E-state index in [2.05, 4.69) is 21.0 Å². The molecule has 0 bridgehead atoms. The fourth-order valence-electron chi connectivity index (χ4n) is 1.82. The minimum Gasteiger partial charge on any atom is -0.390 e. The Hall–Kier alpha value is -1.81. The van der Waals surface area contributed by atoms with Gasteiger partial charge in [-0.1, -0.05) is 0 Å². The van der Waals surface area contributed by atoms with E-state index in [9.17, 15) is 0 Å². The molecule has 0 aliphatic heterocycles. The summed E-state index contributed by atoms with van der Waals surface area (Å²) < 4.78 is 0. The van der Waals surface area contributed by atoms with Crippen molar-refractivity contribution in [3.8, 4) is 11.3 Å². The molecule has 1 fully saturated rings. The zero-order valence-electron chi connectivity index (χ0n) is 9.37. The van der Waals surface area contributed by atoms with Gasteiger partial charge in [-0.15, -0.1) is 0 Å². The van der Waals surface area contributed by atoms with Crippen LogP contribution >= 0.6 is 0 Å². The molecule has 1 aliphatic rings. The summed E-state index contributed by atoms with van der Waals surface area (Å²) in [5, 5.41) is 9.03. The molecular formula is C13H13N3O. The van der Waals surface area contributed by atoms with E-state index in [0.717, 1.165) is 11.3 Å². The van der Waals surface area contributed by atoms with Gasteiger partial charge in [0, 0.05) is 23.4 Å². The predicted octanol–water partition coefficient (Wildman–Crippen LogP) is 1.91. The highest BCUT2D eigenvalue weighted by Gasteiger charge is 2.24. The fraction of sp³-hybridized carbons (Fsp3) is 0.308. The zero-order chi connectivity index (χ0) is 11.7. The van der Waals surface area contributed by atoms with Crippen LogP contribution < -0.4 is 0 Å². The minimum atomic E-state index is -0.0664. The van der Waals surface area contributed by atoms with Gasteiger partial charge in [0.25, 0.3) is 0 Å². The Balaban J connectivity index is 1.91. The molecular weight excluding hydrogens is 214 g/mol. The summed E-state index contributed by atoms with van der Waals surface area (Å²) in [6, 6.07) is 5.88. The van der Waals surface area contributed by atoms with Gasteiger partial charge in [-0.3, -0.25) is 4.98 Å². The Bertz CT molecular complexity index is 520. The molecule has 1 aliphatic carbocycles. The first kappa shape index (κ1) is 10.4. The quantitative estimate of drug-likeness (QED) is 0.870. The van der Waals surface area contributed by atoms with E-state index in [-0.39, 0.29) is 6.61 Å². The van der Waals surface area contributed by atoms with Crippen LogP contribution in [0.1, 0.15) is 30.1 Å². The van der Waals surface area contributed by atoms with Gasteiger partial charge in [-0.2, -0.15) is 0 Å². The van der Waals surface area contributed by atoms with Crippen LogP contribution in [-0.2, 0) is 6.61 Å². The van der Waals surface area contributed by atoms with Gasteiger partial charge < -0.3 is 5.11 Å². The molecule has 0 aromatic carbocycles. The molecule has 0 amide bonds. The van der Waals surface area contributed by atoms with Crippen molar-refractivity contribution in [1.29, 1.82) is 0 Å². The van der Waals surface area contributed by atoms with Crippen molar-refractivity contribution in [1.82, 2.24) is 15.0 Å². The van der Waals surface area contributed by atoms with Crippen molar-refractivity contribution in [2.75, 3.05) is 0 Å². The van der Waals surface area contributed by atoms with Crippen molar-refractivity contribution < 1.29 is 5.11 Å². The molecule has 2 heterocycles. The first-order valence-electron chi connectivity index (χ1n) is 5.75. The van der Waals surface area contributed by atoms with Gasteiger partial charge in [0.05, 0.1) is 18.0 Å². The van der Waals surface area contributed by atoms with E-state index in [1.807, 2.05) is 12.3 Å². The van der Waals surface area contributed by atoms with Crippen molar-refractivity contribution in [3.63, 3.8) is 0 Å². The Labute approximate surface area is 99.4 Å². The third-order valence-electron chi connectivity index (χ3n) is 2.96. The normalized spacial score (nSPS) is 14.9. The second-order valence-electron chi connectivity index (χ2n) is 4.30. The highest BCUT2D eigenvalue weighted by Crippen LogP contribution is 2.39. The van der Waals surface area contributed by atoms with Crippen molar-refractivity contribution >= 4 is 0 Å². The first-order chi connectivity index (χ1) is 8.36. The molecule has 2 aromatic rings. The zero-order valence-corrected chi connectivity index (χ0v) is 9.37. The molecule has 86 valence electrons. The van der Waals surface area contributed by atoms with Crippen LogP contribution in [0.25, 0.3) is 11.3 Å². The molecule has 4 heteroatoms. The second kappa shape index (κ2) is 4.22. The maximum Gasteiger partial charge on any atom is 0.116 e. The maximum absolute atomic E-state index is 9.03. The van der Waals surface area contributed by atoms with E-state index < -0.39 is 0 Å². The highest BCUT2D eigenvalue weighted by atomic mass is 16.3. The average molecular weight is 227 g/mol. The molecule has 1 saturated carbocycles. The summed E-state index contributed by atoms with van der Waals surface area (Å²) in [6.07, 6.45) is 5.83. The van der Waals surface area contributed by atoms with Gasteiger partial charge in [0.2, 0.25) is 0 Å². The number of pyridine rings is 1. The van der Waals surface area contributed by atoms with Crippen LogP contribution in [0.15, 0.2) is 30.7 Å². The molecule has 2 aromatic heterocycles. The lowest BCUT2D eigenvalue weighted by Crippen LogP contribution is -1.93. The lowest BCUT2D eigenvalue weighted by Gasteiger charge is -2.03. The fourth-order valence-corrected chi connectivity index (χ4v) is 1.82. The smallest absolute Gasteiger partial charge is 0.116 e. The number of nitrogens with zero attached hydrogens (tertiary/aromatic N) is 3. The Morgan fingerprint density at radius 3 is 2.71 bits per heavy atom. The maximum atomic E-state index is 9.03. The number of hydrogen-bond acceptors (Lipinski definition) is 4. The minimum absolute atomic E-state index is 0.0664. The third kappa shape index (κ3) is 2.17.